The molecule has 10 heteroatoms. The van der Waals surface area contributed by atoms with Crippen molar-refractivity contribution in [2.45, 2.75) is 76.6 Å². The standard InChI is InChI=1S/C30H42N2O8/c1-2-31-29(35)13-9-4-3-8-12-24-25(28(34)19-27(24)33)17-16-23(15-14-21-10-6-5-7-11-21)40-30(36)26-18-22(26)20-39-32(37)38/h3,5-8,10-11,16-17,22-28,33-34H,2,4,9,12-15,18-20H2,1H3,(H,31,35)/b8-3-,17-16+/t22-,23+,24-,25-,26+,27+,28-/m1/s1. The van der Waals surface area contributed by atoms with Crippen molar-refractivity contribution >= 4 is 11.9 Å². The van der Waals surface area contributed by atoms with Crippen LogP contribution in [0.1, 0.15) is 57.4 Å². The van der Waals surface area contributed by atoms with Crippen molar-refractivity contribution in [3.8, 4) is 0 Å². The van der Waals surface area contributed by atoms with Gasteiger partial charge in [-0.15, -0.1) is 10.1 Å². The molecule has 0 aliphatic heterocycles. The molecule has 2 saturated carbocycles. The van der Waals surface area contributed by atoms with Gasteiger partial charge in [0.25, 0.3) is 5.09 Å². The van der Waals surface area contributed by atoms with Gasteiger partial charge in [0.15, 0.2) is 0 Å². The number of hydrogen-bond acceptors (Lipinski definition) is 8. The SMILES string of the molecule is CCNC(=O)CCC/C=C\C[C@@H]1[C@@H](/C=C/[C@H](CCc2ccccc2)OC(=O)[C@H]2C[C@@H]2CO[N+](=O)[O-])[C@H](O)C[C@@H]1O. The van der Waals surface area contributed by atoms with E-state index in [2.05, 4.69) is 10.2 Å². The van der Waals surface area contributed by atoms with Gasteiger partial charge in [0.2, 0.25) is 5.91 Å². The van der Waals surface area contributed by atoms with Gasteiger partial charge in [-0.25, -0.2) is 0 Å². The van der Waals surface area contributed by atoms with Crippen molar-refractivity contribution in [3.63, 3.8) is 0 Å². The third-order valence-electron chi connectivity index (χ3n) is 7.63. The number of amides is 1. The van der Waals surface area contributed by atoms with Crippen LogP contribution in [0.2, 0.25) is 0 Å². The van der Waals surface area contributed by atoms with E-state index in [0.717, 1.165) is 18.4 Å². The van der Waals surface area contributed by atoms with Crippen LogP contribution in [-0.2, 0) is 25.6 Å². The predicted molar refractivity (Wildman–Crippen MR) is 148 cm³/mol. The highest BCUT2D eigenvalue weighted by Gasteiger charge is 2.45. The number of aliphatic hydroxyl groups excluding tert-OH is 2. The number of hydrogen-bond donors (Lipinski definition) is 3. The zero-order valence-corrected chi connectivity index (χ0v) is 23.1. The minimum atomic E-state index is -0.856. The van der Waals surface area contributed by atoms with E-state index in [9.17, 15) is 29.9 Å². The number of aryl methyl sites for hydroxylation is 1. The molecule has 3 rings (SSSR count). The molecule has 0 aromatic heterocycles. The van der Waals surface area contributed by atoms with Gasteiger partial charge in [-0.05, 0) is 68.9 Å². The Bertz CT molecular complexity index is 1010. The van der Waals surface area contributed by atoms with E-state index in [-0.39, 0.29) is 36.7 Å². The smallest absolute Gasteiger partial charge is 0.309 e. The Balaban J connectivity index is 1.58. The first kappa shape index (κ1) is 31.3. The Morgan fingerprint density at radius 1 is 1.18 bits per heavy atom. The van der Waals surface area contributed by atoms with Crippen LogP contribution in [0.5, 0.6) is 0 Å². The van der Waals surface area contributed by atoms with Crippen LogP contribution in [0.4, 0.5) is 0 Å². The summed E-state index contributed by atoms with van der Waals surface area (Å²) in [7, 11) is 0. The first-order valence-electron chi connectivity index (χ1n) is 14.3. The van der Waals surface area contributed by atoms with Crippen LogP contribution in [0.25, 0.3) is 0 Å². The number of benzene rings is 1. The highest BCUT2D eigenvalue weighted by atomic mass is 16.9. The highest BCUT2D eigenvalue weighted by molar-refractivity contribution is 5.76. The summed E-state index contributed by atoms with van der Waals surface area (Å²) in [5.41, 5.74) is 1.10. The molecule has 220 valence electrons. The van der Waals surface area contributed by atoms with Crippen LogP contribution in [0, 0.1) is 33.8 Å². The number of allylic oxidation sites excluding steroid dienone is 2. The zero-order chi connectivity index (χ0) is 28.9. The Kier molecular flexibility index (Phi) is 12.6. The van der Waals surface area contributed by atoms with Crippen molar-refractivity contribution in [2.24, 2.45) is 23.7 Å². The lowest BCUT2D eigenvalue weighted by Crippen LogP contribution is -2.22. The van der Waals surface area contributed by atoms with Crippen LogP contribution >= 0.6 is 0 Å². The molecule has 0 saturated heterocycles. The highest BCUT2D eigenvalue weighted by Crippen LogP contribution is 2.40. The zero-order valence-electron chi connectivity index (χ0n) is 23.1. The molecule has 40 heavy (non-hydrogen) atoms. The van der Waals surface area contributed by atoms with Gasteiger partial charge in [-0.3, -0.25) is 9.59 Å². The molecular weight excluding hydrogens is 516 g/mol. The normalized spacial score (nSPS) is 26.6. The fourth-order valence-electron chi connectivity index (χ4n) is 5.26. The summed E-state index contributed by atoms with van der Waals surface area (Å²) in [4.78, 5) is 39.2. The number of aliphatic hydroxyl groups is 2. The van der Waals surface area contributed by atoms with E-state index >= 15 is 0 Å². The fraction of sp³-hybridized carbons (Fsp3) is 0.600. The molecule has 2 aliphatic carbocycles. The van der Waals surface area contributed by atoms with Crippen molar-refractivity contribution in [2.75, 3.05) is 13.2 Å². The molecule has 1 amide bonds. The first-order chi connectivity index (χ1) is 19.3. The molecule has 7 atom stereocenters. The number of esters is 1. The molecule has 1 aromatic rings. The molecule has 0 radical (unpaired) electrons. The molecule has 10 nitrogen and oxygen atoms in total. The topological polar surface area (TPSA) is 148 Å². The van der Waals surface area contributed by atoms with Crippen molar-refractivity contribution in [1.82, 2.24) is 5.32 Å². The molecule has 2 fully saturated rings. The summed E-state index contributed by atoms with van der Waals surface area (Å²) >= 11 is 0. The van der Waals surface area contributed by atoms with E-state index in [1.54, 1.807) is 6.08 Å². The number of nitrogens with one attached hydrogen (secondary N) is 1. The number of rotatable bonds is 17. The monoisotopic (exact) mass is 558 g/mol. The second-order valence-corrected chi connectivity index (χ2v) is 10.7. The Hall–Kier alpha value is -3.24. The maximum absolute atomic E-state index is 12.8. The van der Waals surface area contributed by atoms with Gasteiger partial charge >= 0.3 is 5.97 Å². The average Bonchev–Trinajstić information content (AvgIpc) is 3.66. The lowest BCUT2D eigenvalue weighted by atomic mass is 9.89. The van der Waals surface area contributed by atoms with E-state index in [4.69, 9.17) is 4.74 Å². The molecule has 0 bridgehead atoms. The number of carbonyl (C=O) groups excluding carboxylic acids is 2. The summed E-state index contributed by atoms with van der Waals surface area (Å²) in [6, 6.07) is 9.84. The summed E-state index contributed by atoms with van der Waals surface area (Å²) in [6.07, 6.45) is 10.3. The first-order valence-corrected chi connectivity index (χ1v) is 14.3. The quantitative estimate of drug-likeness (QED) is 0.0865. The largest absolute Gasteiger partial charge is 0.458 e. The summed E-state index contributed by atoms with van der Waals surface area (Å²) < 4.78 is 5.81. The molecule has 2 aliphatic rings. The van der Waals surface area contributed by atoms with E-state index in [1.807, 2.05) is 55.5 Å². The second-order valence-electron chi connectivity index (χ2n) is 10.7. The van der Waals surface area contributed by atoms with Crippen LogP contribution in [-0.4, -0.2) is 58.6 Å². The molecule has 1 aromatic carbocycles. The fourth-order valence-corrected chi connectivity index (χ4v) is 5.26. The Morgan fingerprint density at radius 3 is 2.67 bits per heavy atom. The van der Waals surface area contributed by atoms with E-state index < -0.39 is 35.3 Å². The Morgan fingerprint density at radius 2 is 1.95 bits per heavy atom. The molecule has 3 N–H and O–H groups in total. The number of unbranched alkanes of at least 4 members (excludes halogenated alkanes) is 1. The minimum Gasteiger partial charge on any atom is -0.458 e. The summed E-state index contributed by atoms with van der Waals surface area (Å²) in [5, 5.41) is 33.6. The van der Waals surface area contributed by atoms with Gasteiger partial charge in [-0.1, -0.05) is 48.6 Å². The van der Waals surface area contributed by atoms with Gasteiger partial charge < -0.3 is 25.1 Å². The number of carbonyl (C=O) groups is 2. The van der Waals surface area contributed by atoms with Crippen molar-refractivity contribution in [3.05, 3.63) is 70.3 Å². The minimum absolute atomic E-state index is 0.0417. The predicted octanol–water partition coefficient (Wildman–Crippen LogP) is 3.54. The van der Waals surface area contributed by atoms with Crippen molar-refractivity contribution < 1.29 is 34.5 Å². The lowest BCUT2D eigenvalue weighted by Gasteiger charge is -2.21. The average molecular weight is 559 g/mol. The van der Waals surface area contributed by atoms with E-state index in [0.29, 0.717) is 38.6 Å². The lowest BCUT2D eigenvalue weighted by molar-refractivity contribution is -0.758. The van der Waals surface area contributed by atoms with Crippen LogP contribution < -0.4 is 5.32 Å². The molecular formula is C30H42N2O8. The third kappa shape index (κ3) is 10.4. The van der Waals surface area contributed by atoms with Crippen molar-refractivity contribution in [1.29, 1.82) is 0 Å². The van der Waals surface area contributed by atoms with Gasteiger partial charge in [-0.2, -0.15) is 0 Å². The summed E-state index contributed by atoms with van der Waals surface area (Å²) in [6.45, 7) is 2.39. The second kappa shape index (κ2) is 16.1. The number of ether oxygens (including phenoxy) is 1. The maximum Gasteiger partial charge on any atom is 0.309 e. The van der Waals surface area contributed by atoms with Gasteiger partial charge in [0, 0.05) is 25.3 Å². The van der Waals surface area contributed by atoms with Gasteiger partial charge in [0.1, 0.15) is 12.7 Å². The number of nitrogens with zero attached hydrogens (tertiary/aromatic N) is 1. The summed E-state index contributed by atoms with van der Waals surface area (Å²) in [5.74, 6) is -1.48. The van der Waals surface area contributed by atoms with Gasteiger partial charge in [0.05, 0.1) is 18.1 Å². The van der Waals surface area contributed by atoms with Crippen LogP contribution in [0.3, 0.4) is 0 Å². The van der Waals surface area contributed by atoms with E-state index in [1.165, 1.54) is 0 Å². The molecule has 0 spiro atoms. The maximum atomic E-state index is 12.8. The third-order valence-corrected chi connectivity index (χ3v) is 7.63. The van der Waals surface area contributed by atoms with Crippen LogP contribution in [0.15, 0.2) is 54.6 Å². The molecule has 0 heterocycles. The Labute approximate surface area is 235 Å². The molecule has 0 unspecified atom stereocenters.